The van der Waals surface area contributed by atoms with Crippen LogP contribution in [-0.4, -0.2) is 19.6 Å². The molecule has 5 heteroatoms. The number of methoxy groups -OCH3 is 1. The van der Waals surface area contributed by atoms with Gasteiger partial charge < -0.3 is 20.1 Å². The second kappa shape index (κ2) is 10.5. The maximum absolute atomic E-state index is 12.3. The normalized spacial score (nSPS) is 10.5. The predicted molar refractivity (Wildman–Crippen MR) is 120 cm³/mol. The first kappa shape index (κ1) is 21.4. The number of ether oxygens (including phenoxy) is 2. The number of hydrogen-bond acceptors (Lipinski definition) is 4. The van der Waals surface area contributed by atoms with E-state index in [1.54, 1.807) is 7.11 Å². The highest BCUT2D eigenvalue weighted by atomic mass is 16.5. The summed E-state index contributed by atoms with van der Waals surface area (Å²) in [6.07, 6.45) is 0. The lowest BCUT2D eigenvalue weighted by Gasteiger charge is -2.16. The minimum atomic E-state index is -0.219. The van der Waals surface area contributed by atoms with Gasteiger partial charge in [-0.2, -0.15) is 0 Å². The van der Waals surface area contributed by atoms with Gasteiger partial charge in [0.25, 0.3) is 5.91 Å². The monoisotopic (exact) mass is 404 g/mol. The number of para-hydroxylation sites is 1. The molecule has 1 amide bonds. The van der Waals surface area contributed by atoms with E-state index in [0.717, 1.165) is 23.4 Å². The lowest BCUT2D eigenvalue weighted by molar-refractivity contribution is -0.118. The van der Waals surface area contributed by atoms with Gasteiger partial charge in [-0.05, 0) is 37.6 Å². The van der Waals surface area contributed by atoms with E-state index in [0.29, 0.717) is 18.0 Å². The van der Waals surface area contributed by atoms with Crippen molar-refractivity contribution in [3.63, 3.8) is 0 Å². The van der Waals surface area contributed by atoms with E-state index in [-0.39, 0.29) is 12.5 Å². The molecule has 0 aliphatic rings. The van der Waals surface area contributed by atoms with E-state index in [1.165, 1.54) is 11.1 Å². The summed E-state index contributed by atoms with van der Waals surface area (Å²) in [6.45, 7) is 5.32. The average molecular weight is 405 g/mol. The topological polar surface area (TPSA) is 59.6 Å². The minimum absolute atomic E-state index is 0.0980. The van der Waals surface area contributed by atoms with Crippen LogP contribution in [0.3, 0.4) is 0 Å². The smallest absolute Gasteiger partial charge is 0.262 e. The molecule has 0 bridgehead atoms. The molecule has 0 aliphatic heterocycles. The van der Waals surface area contributed by atoms with Crippen molar-refractivity contribution in [3.8, 4) is 11.5 Å². The zero-order valence-electron chi connectivity index (χ0n) is 17.7. The Labute approximate surface area is 178 Å². The molecule has 0 unspecified atom stereocenters. The Kier molecular flexibility index (Phi) is 7.46. The second-order valence-corrected chi connectivity index (χ2v) is 7.24. The third-order valence-electron chi connectivity index (χ3n) is 4.73. The third-order valence-corrected chi connectivity index (χ3v) is 4.73. The van der Waals surface area contributed by atoms with Crippen LogP contribution in [-0.2, 0) is 17.9 Å². The van der Waals surface area contributed by atoms with Crippen LogP contribution in [0.25, 0.3) is 0 Å². The van der Waals surface area contributed by atoms with Gasteiger partial charge in [-0.25, -0.2) is 0 Å². The molecule has 30 heavy (non-hydrogen) atoms. The largest absolute Gasteiger partial charge is 0.493 e. The van der Waals surface area contributed by atoms with E-state index >= 15 is 0 Å². The van der Waals surface area contributed by atoms with Crippen molar-refractivity contribution in [3.05, 3.63) is 89.0 Å². The van der Waals surface area contributed by atoms with Gasteiger partial charge in [-0.3, -0.25) is 4.79 Å². The molecule has 156 valence electrons. The lowest BCUT2D eigenvalue weighted by atomic mass is 10.1. The summed E-state index contributed by atoms with van der Waals surface area (Å²) >= 11 is 0. The van der Waals surface area contributed by atoms with Crippen LogP contribution >= 0.6 is 0 Å². The summed E-state index contributed by atoms with van der Waals surface area (Å²) in [7, 11) is 1.60. The van der Waals surface area contributed by atoms with E-state index < -0.39 is 0 Å². The van der Waals surface area contributed by atoms with Crippen LogP contribution in [0.1, 0.15) is 22.3 Å². The fraction of sp³-hybridized carbons (Fsp3) is 0.240. The Morgan fingerprint density at radius 2 is 1.53 bits per heavy atom. The molecular weight excluding hydrogens is 376 g/mol. The molecule has 3 aromatic carbocycles. The van der Waals surface area contributed by atoms with Gasteiger partial charge in [0.15, 0.2) is 18.1 Å². The van der Waals surface area contributed by atoms with Gasteiger partial charge in [0.2, 0.25) is 0 Å². The summed E-state index contributed by atoms with van der Waals surface area (Å²) in [6, 6.07) is 21.8. The highest BCUT2D eigenvalue weighted by Crippen LogP contribution is 2.31. The summed E-state index contributed by atoms with van der Waals surface area (Å²) < 4.78 is 11.3. The fourth-order valence-electron chi connectivity index (χ4n) is 3.04. The quantitative estimate of drug-likeness (QED) is 0.546. The SMILES string of the molecule is COc1cccc(CNCc2ccc(C)cc2)c1OCC(=O)Nc1ccc(C)cc1. The van der Waals surface area contributed by atoms with Crippen LogP contribution in [0.5, 0.6) is 11.5 Å². The Bertz CT molecular complexity index is 967. The summed E-state index contributed by atoms with van der Waals surface area (Å²) in [4.78, 5) is 12.3. The van der Waals surface area contributed by atoms with Gasteiger partial charge >= 0.3 is 0 Å². The van der Waals surface area contributed by atoms with Crippen molar-refractivity contribution in [1.82, 2.24) is 5.32 Å². The molecule has 5 nitrogen and oxygen atoms in total. The molecule has 0 heterocycles. The summed E-state index contributed by atoms with van der Waals surface area (Å²) in [5.74, 6) is 0.964. The van der Waals surface area contributed by atoms with Crippen LogP contribution in [0.2, 0.25) is 0 Å². The van der Waals surface area contributed by atoms with Gasteiger partial charge in [0.05, 0.1) is 7.11 Å². The van der Waals surface area contributed by atoms with E-state index in [1.807, 2.05) is 49.4 Å². The molecule has 3 rings (SSSR count). The zero-order valence-corrected chi connectivity index (χ0v) is 17.7. The molecule has 0 radical (unpaired) electrons. The Morgan fingerprint density at radius 3 is 2.20 bits per heavy atom. The summed E-state index contributed by atoms with van der Waals surface area (Å²) in [5, 5.41) is 6.27. The molecule has 0 atom stereocenters. The molecule has 0 saturated carbocycles. The number of anilines is 1. The Morgan fingerprint density at radius 1 is 0.867 bits per heavy atom. The van der Waals surface area contributed by atoms with Crippen molar-refractivity contribution in [2.24, 2.45) is 0 Å². The highest BCUT2D eigenvalue weighted by Gasteiger charge is 2.13. The van der Waals surface area contributed by atoms with E-state index in [2.05, 4.69) is 41.8 Å². The van der Waals surface area contributed by atoms with Crippen LogP contribution in [0, 0.1) is 13.8 Å². The van der Waals surface area contributed by atoms with Gasteiger partial charge in [0, 0.05) is 24.3 Å². The maximum Gasteiger partial charge on any atom is 0.262 e. The zero-order chi connectivity index (χ0) is 21.3. The molecule has 2 N–H and O–H groups in total. The average Bonchev–Trinajstić information content (AvgIpc) is 2.75. The first-order valence-electron chi connectivity index (χ1n) is 9.96. The molecule has 0 aliphatic carbocycles. The second-order valence-electron chi connectivity index (χ2n) is 7.24. The van der Waals surface area contributed by atoms with E-state index in [9.17, 15) is 4.79 Å². The first-order valence-corrected chi connectivity index (χ1v) is 9.96. The number of carbonyl (C=O) groups excluding carboxylic acids is 1. The van der Waals surface area contributed by atoms with Crippen LogP contribution in [0.4, 0.5) is 5.69 Å². The first-order chi connectivity index (χ1) is 14.5. The summed E-state index contributed by atoms with van der Waals surface area (Å²) in [5.41, 5.74) is 5.27. The van der Waals surface area contributed by atoms with Gasteiger partial charge in [-0.15, -0.1) is 0 Å². The Balaban J connectivity index is 1.60. The number of carbonyl (C=O) groups is 1. The molecular formula is C25H28N2O3. The van der Waals surface area contributed by atoms with Crippen molar-refractivity contribution in [2.75, 3.05) is 19.0 Å². The van der Waals surface area contributed by atoms with Crippen LogP contribution in [0.15, 0.2) is 66.7 Å². The van der Waals surface area contributed by atoms with Gasteiger partial charge in [-0.1, -0.05) is 59.7 Å². The molecule has 0 fully saturated rings. The van der Waals surface area contributed by atoms with Crippen LogP contribution < -0.4 is 20.1 Å². The predicted octanol–water partition coefficient (Wildman–Crippen LogP) is 4.62. The number of rotatable bonds is 9. The van der Waals surface area contributed by atoms with Gasteiger partial charge in [0.1, 0.15) is 0 Å². The lowest BCUT2D eigenvalue weighted by Crippen LogP contribution is -2.21. The fourth-order valence-corrected chi connectivity index (χ4v) is 3.04. The molecule has 0 spiro atoms. The third kappa shape index (κ3) is 6.09. The number of hydrogen-bond donors (Lipinski definition) is 2. The number of aryl methyl sites for hydroxylation is 2. The minimum Gasteiger partial charge on any atom is -0.493 e. The van der Waals surface area contributed by atoms with Crippen molar-refractivity contribution in [1.29, 1.82) is 0 Å². The maximum atomic E-state index is 12.3. The highest BCUT2D eigenvalue weighted by molar-refractivity contribution is 5.91. The van der Waals surface area contributed by atoms with Crippen molar-refractivity contribution < 1.29 is 14.3 Å². The Hall–Kier alpha value is -3.31. The standard InChI is InChI=1S/C25H28N2O3/c1-18-7-11-20(12-8-18)15-26-16-21-5-4-6-23(29-3)25(21)30-17-24(28)27-22-13-9-19(2)10-14-22/h4-14,26H,15-17H2,1-3H3,(H,27,28). The van der Waals surface area contributed by atoms with Crippen molar-refractivity contribution in [2.45, 2.75) is 26.9 Å². The number of nitrogens with one attached hydrogen (secondary N) is 2. The molecule has 0 aromatic heterocycles. The number of benzene rings is 3. The van der Waals surface area contributed by atoms with Crippen molar-refractivity contribution >= 4 is 11.6 Å². The number of amides is 1. The molecule has 0 saturated heterocycles. The van der Waals surface area contributed by atoms with E-state index in [4.69, 9.17) is 9.47 Å². The molecule has 3 aromatic rings.